The van der Waals surface area contributed by atoms with Crippen LogP contribution >= 0.6 is 0 Å². The number of imidazole rings is 1. The van der Waals surface area contributed by atoms with Gasteiger partial charge in [0, 0.05) is 44.4 Å². The monoisotopic (exact) mass is 754 g/mol. The normalized spacial score (nSPS) is 11.8. The number of pyridine rings is 1. The zero-order valence-corrected chi connectivity index (χ0v) is 31.8. The fraction of sp³-hybridized carbons (Fsp3) is 0. The highest BCUT2D eigenvalue weighted by Gasteiger charge is 2.24. The first-order valence-corrected chi connectivity index (χ1v) is 19.9. The Morgan fingerprint density at radius 3 is 1.88 bits per heavy atom. The maximum Gasteiger partial charge on any atom is 0.149 e. The van der Waals surface area contributed by atoms with Gasteiger partial charge in [-0.25, -0.2) is 4.98 Å². The predicted octanol–water partition coefficient (Wildman–Crippen LogP) is 13.6. The SMILES string of the molecule is Oc1ccccc1-c1nc2c(-c3cccc(-c4nccc5c6cccc7c8ccccc8n(c45)c76)c3)cccc2n1-c1ccc(-c2ccccc2)cc1-c1ccccc1. The average Bonchev–Trinajstić information content (AvgIpc) is 3.97. The van der Waals surface area contributed by atoms with E-state index in [2.05, 4.69) is 167 Å². The number of para-hydroxylation sites is 4. The van der Waals surface area contributed by atoms with Crippen LogP contribution in [0, 0.1) is 0 Å². The minimum absolute atomic E-state index is 0.173. The smallest absolute Gasteiger partial charge is 0.149 e. The van der Waals surface area contributed by atoms with Crippen LogP contribution < -0.4 is 0 Å². The summed E-state index contributed by atoms with van der Waals surface area (Å²) >= 11 is 0. The van der Waals surface area contributed by atoms with Gasteiger partial charge in [-0.05, 0) is 70.8 Å². The van der Waals surface area contributed by atoms with Crippen LogP contribution in [0.4, 0.5) is 0 Å². The van der Waals surface area contributed by atoms with Crippen LogP contribution in [0.2, 0.25) is 0 Å². The number of hydrogen-bond donors (Lipinski definition) is 1. The molecule has 0 aliphatic heterocycles. The Kier molecular flexibility index (Phi) is 7.31. The standard InChI is InChI=1S/C54H34N4O/c59-49-27-10-8-21-44(49)54-56-51-39(22-13-26-48(51)57(54)47-29-28-36(34-14-3-1-4-15-34)33-45(47)35-16-5-2-6-17-35)37-18-11-19-38(32-37)50-53-43(30-31-55-50)42-24-12-23-41-40-20-7-9-25-46(40)58(53)52(41)42/h1-33,59H. The van der Waals surface area contributed by atoms with Crippen molar-refractivity contribution in [2.45, 2.75) is 0 Å². The van der Waals surface area contributed by atoms with Crippen LogP contribution in [-0.2, 0) is 0 Å². The van der Waals surface area contributed by atoms with E-state index in [1.165, 1.54) is 32.6 Å². The number of aromatic hydroxyl groups is 1. The lowest BCUT2D eigenvalue weighted by Gasteiger charge is -2.17. The second kappa shape index (κ2) is 13.0. The highest BCUT2D eigenvalue weighted by atomic mass is 16.3. The molecule has 0 fully saturated rings. The minimum atomic E-state index is 0.173. The molecule has 8 aromatic carbocycles. The Balaban J connectivity index is 1.09. The minimum Gasteiger partial charge on any atom is -0.507 e. The summed E-state index contributed by atoms with van der Waals surface area (Å²) in [5.41, 5.74) is 15.3. The van der Waals surface area contributed by atoms with Crippen molar-refractivity contribution in [3.63, 3.8) is 0 Å². The Hall–Kier alpha value is -8.02. The maximum atomic E-state index is 11.4. The van der Waals surface area contributed by atoms with Gasteiger partial charge in [-0.15, -0.1) is 0 Å². The van der Waals surface area contributed by atoms with Crippen LogP contribution in [-0.4, -0.2) is 24.0 Å². The number of phenols is 1. The third-order valence-corrected chi connectivity index (χ3v) is 11.8. The van der Waals surface area contributed by atoms with E-state index < -0.39 is 0 Å². The molecule has 0 saturated heterocycles. The van der Waals surface area contributed by atoms with Gasteiger partial charge in [-0.2, -0.15) is 0 Å². The molecule has 0 bridgehead atoms. The molecule has 0 unspecified atom stereocenters. The molecule has 0 atom stereocenters. The molecule has 59 heavy (non-hydrogen) atoms. The summed E-state index contributed by atoms with van der Waals surface area (Å²) in [6.45, 7) is 0. The summed E-state index contributed by atoms with van der Waals surface area (Å²) in [6.07, 6.45) is 1.93. The van der Waals surface area contributed by atoms with Gasteiger partial charge in [0.2, 0.25) is 0 Å². The Bertz CT molecular complexity index is 3570. The van der Waals surface area contributed by atoms with Crippen molar-refractivity contribution in [1.29, 1.82) is 0 Å². The van der Waals surface area contributed by atoms with Crippen LogP contribution in [0.25, 0.3) is 111 Å². The summed E-state index contributed by atoms with van der Waals surface area (Å²) < 4.78 is 4.61. The van der Waals surface area contributed by atoms with Crippen molar-refractivity contribution in [3.05, 3.63) is 200 Å². The molecule has 0 amide bonds. The lowest BCUT2D eigenvalue weighted by atomic mass is 9.96. The second-order valence-corrected chi connectivity index (χ2v) is 15.1. The molecule has 0 spiro atoms. The fourth-order valence-electron chi connectivity index (χ4n) is 9.22. The van der Waals surface area contributed by atoms with E-state index in [1.807, 2.05) is 36.5 Å². The third-order valence-electron chi connectivity index (χ3n) is 11.8. The molecule has 5 nitrogen and oxygen atoms in total. The Morgan fingerprint density at radius 1 is 0.407 bits per heavy atom. The average molecular weight is 755 g/mol. The highest BCUT2D eigenvalue weighted by Crippen LogP contribution is 2.44. The quantitative estimate of drug-likeness (QED) is 0.184. The number of aromatic nitrogens is 4. The topological polar surface area (TPSA) is 55.4 Å². The largest absolute Gasteiger partial charge is 0.507 e. The van der Waals surface area contributed by atoms with Crippen LogP contribution in [0.3, 0.4) is 0 Å². The van der Waals surface area contributed by atoms with Crippen molar-refractivity contribution in [3.8, 4) is 67.5 Å². The lowest BCUT2D eigenvalue weighted by molar-refractivity contribution is 0.477. The number of rotatable bonds is 6. The summed E-state index contributed by atoms with van der Waals surface area (Å²) in [5.74, 6) is 0.835. The number of benzene rings is 8. The van der Waals surface area contributed by atoms with E-state index in [4.69, 9.17) is 9.97 Å². The van der Waals surface area contributed by atoms with Gasteiger partial charge in [-0.3, -0.25) is 9.55 Å². The van der Waals surface area contributed by atoms with Crippen molar-refractivity contribution < 1.29 is 5.11 Å². The molecule has 0 aliphatic rings. The van der Waals surface area contributed by atoms with Gasteiger partial charge in [0.25, 0.3) is 0 Å². The van der Waals surface area contributed by atoms with E-state index >= 15 is 0 Å². The maximum absolute atomic E-state index is 11.4. The molecular weight excluding hydrogens is 721 g/mol. The molecule has 4 aromatic heterocycles. The molecule has 1 N–H and O–H groups in total. The molecule has 5 heteroatoms. The van der Waals surface area contributed by atoms with Crippen LogP contribution in [0.15, 0.2) is 200 Å². The van der Waals surface area contributed by atoms with Gasteiger partial charge < -0.3 is 9.51 Å². The first-order chi connectivity index (χ1) is 29.2. The second-order valence-electron chi connectivity index (χ2n) is 15.1. The molecule has 4 heterocycles. The summed E-state index contributed by atoms with van der Waals surface area (Å²) in [4.78, 5) is 10.5. The molecular formula is C54H34N4O. The fourth-order valence-corrected chi connectivity index (χ4v) is 9.22. The first kappa shape index (κ1) is 33.2. The van der Waals surface area contributed by atoms with Gasteiger partial charge in [-0.1, -0.05) is 146 Å². The zero-order chi connectivity index (χ0) is 39.0. The van der Waals surface area contributed by atoms with E-state index in [9.17, 15) is 5.11 Å². The molecule has 0 aliphatic carbocycles. The number of hydrogen-bond acceptors (Lipinski definition) is 3. The van der Waals surface area contributed by atoms with Crippen molar-refractivity contribution >= 4 is 49.1 Å². The van der Waals surface area contributed by atoms with Crippen LogP contribution in [0.5, 0.6) is 5.75 Å². The highest BCUT2D eigenvalue weighted by molar-refractivity contribution is 6.24. The van der Waals surface area contributed by atoms with E-state index in [0.717, 1.165) is 66.9 Å². The molecule has 0 saturated carbocycles. The van der Waals surface area contributed by atoms with Crippen molar-refractivity contribution in [2.75, 3.05) is 0 Å². The number of nitrogens with zero attached hydrogens (tertiary/aromatic N) is 4. The lowest BCUT2D eigenvalue weighted by Crippen LogP contribution is -2.01. The Labute approximate surface area is 339 Å². The van der Waals surface area contributed by atoms with Gasteiger partial charge >= 0.3 is 0 Å². The summed E-state index contributed by atoms with van der Waals surface area (Å²) in [7, 11) is 0. The molecule has 0 radical (unpaired) electrons. The van der Waals surface area contributed by atoms with Crippen molar-refractivity contribution in [2.24, 2.45) is 0 Å². The van der Waals surface area contributed by atoms with Crippen LogP contribution in [0.1, 0.15) is 0 Å². The number of fused-ring (bicyclic) bond motifs is 7. The summed E-state index contributed by atoms with van der Waals surface area (Å²) in [6, 6.07) is 67.5. The Morgan fingerprint density at radius 2 is 1.03 bits per heavy atom. The van der Waals surface area contributed by atoms with Gasteiger partial charge in [0.15, 0.2) is 0 Å². The van der Waals surface area contributed by atoms with E-state index in [-0.39, 0.29) is 5.75 Å². The zero-order valence-electron chi connectivity index (χ0n) is 31.8. The van der Waals surface area contributed by atoms with Gasteiger partial charge in [0.1, 0.15) is 11.6 Å². The van der Waals surface area contributed by atoms with Gasteiger partial charge in [0.05, 0.1) is 44.5 Å². The molecule has 12 aromatic rings. The molecule has 276 valence electrons. The van der Waals surface area contributed by atoms with Crippen molar-refractivity contribution in [1.82, 2.24) is 18.9 Å². The third kappa shape index (κ3) is 5.05. The first-order valence-electron chi connectivity index (χ1n) is 19.9. The van der Waals surface area contributed by atoms with E-state index in [0.29, 0.717) is 11.4 Å². The summed E-state index contributed by atoms with van der Waals surface area (Å²) in [5, 5.41) is 16.3. The predicted molar refractivity (Wildman–Crippen MR) is 242 cm³/mol. The number of phenolic OH excluding ortho intramolecular Hbond substituents is 1. The van der Waals surface area contributed by atoms with E-state index in [1.54, 1.807) is 6.07 Å². The molecule has 12 rings (SSSR count).